The van der Waals surface area contributed by atoms with E-state index in [1.165, 1.54) is 0 Å². The lowest BCUT2D eigenvalue weighted by Crippen LogP contribution is -2.46. The maximum absolute atomic E-state index is 12.2. The van der Waals surface area contributed by atoms with Gasteiger partial charge in [0.15, 0.2) is 0 Å². The van der Waals surface area contributed by atoms with Crippen molar-refractivity contribution < 1.29 is 14.3 Å². The summed E-state index contributed by atoms with van der Waals surface area (Å²) in [7, 11) is 0. The van der Waals surface area contributed by atoms with Crippen LogP contribution in [-0.2, 0) is 20.9 Å². The minimum atomic E-state index is -0.244. The second-order valence-electron chi connectivity index (χ2n) is 5.42. The van der Waals surface area contributed by atoms with Crippen LogP contribution in [0.1, 0.15) is 12.5 Å². The van der Waals surface area contributed by atoms with Gasteiger partial charge in [0.25, 0.3) is 0 Å². The first-order valence-electron chi connectivity index (χ1n) is 7.57. The molecule has 0 N–H and O–H groups in total. The number of hydrogen-bond acceptors (Lipinski definition) is 5. The Hall–Kier alpha value is -1.98. The van der Waals surface area contributed by atoms with Crippen molar-refractivity contribution in [3.05, 3.63) is 42.1 Å². The molecule has 0 unspecified atom stereocenters. The Kier molecular flexibility index (Phi) is 4.65. The normalized spacial score (nSPS) is 17.3. The van der Waals surface area contributed by atoms with Gasteiger partial charge in [-0.2, -0.15) is 0 Å². The first-order chi connectivity index (χ1) is 10.8. The highest BCUT2D eigenvalue weighted by atomic mass is 16.5. The van der Waals surface area contributed by atoms with E-state index in [-0.39, 0.29) is 18.6 Å². The van der Waals surface area contributed by atoms with Crippen molar-refractivity contribution >= 4 is 16.9 Å². The van der Waals surface area contributed by atoms with Gasteiger partial charge >= 0.3 is 5.97 Å². The second kappa shape index (κ2) is 6.85. The molecule has 1 atom stereocenters. The largest absolute Gasteiger partial charge is 0.460 e. The molecule has 1 aromatic heterocycles. The summed E-state index contributed by atoms with van der Waals surface area (Å²) in [5, 5.41) is 1.05. The highest BCUT2D eigenvalue weighted by molar-refractivity contribution is 5.82. The van der Waals surface area contributed by atoms with Crippen LogP contribution in [0.2, 0.25) is 0 Å². The maximum Gasteiger partial charge on any atom is 0.323 e. The molecule has 0 bridgehead atoms. The number of para-hydroxylation sites is 1. The molecule has 1 aromatic carbocycles. The molecule has 1 aliphatic heterocycles. The van der Waals surface area contributed by atoms with Crippen molar-refractivity contribution in [2.45, 2.75) is 19.6 Å². The molecule has 5 heteroatoms. The number of aromatic nitrogens is 1. The molecule has 1 aliphatic rings. The average Bonchev–Trinajstić information content (AvgIpc) is 2.59. The molecule has 0 spiro atoms. The number of benzene rings is 1. The molecule has 2 heterocycles. The third kappa shape index (κ3) is 3.26. The lowest BCUT2D eigenvalue weighted by Gasteiger charge is -2.30. The van der Waals surface area contributed by atoms with E-state index in [1.807, 2.05) is 37.3 Å². The van der Waals surface area contributed by atoms with Crippen molar-refractivity contribution in [1.82, 2.24) is 9.88 Å². The van der Waals surface area contributed by atoms with E-state index < -0.39 is 0 Å². The highest BCUT2D eigenvalue weighted by Gasteiger charge is 2.24. The van der Waals surface area contributed by atoms with Crippen LogP contribution in [0.5, 0.6) is 0 Å². The maximum atomic E-state index is 12.2. The van der Waals surface area contributed by atoms with Gasteiger partial charge in [0, 0.05) is 30.2 Å². The van der Waals surface area contributed by atoms with Crippen molar-refractivity contribution in [2.75, 3.05) is 26.3 Å². The van der Waals surface area contributed by atoms with Gasteiger partial charge in [-0.3, -0.25) is 14.7 Å². The van der Waals surface area contributed by atoms with Gasteiger partial charge in [-0.25, -0.2) is 0 Å². The Labute approximate surface area is 129 Å². The molecule has 22 heavy (non-hydrogen) atoms. The second-order valence-corrected chi connectivity index (χ2v) is 5.42. The van der Waals surface area contributed by atoms with Crippen LogP contribution in [0, 0.1) is 0 Å². The zero-order valence-electron chi connectivity index (χ0n) is 12.7. The van der Waals surface area contributed by atoms with Gasteiger partial charge in [0.2, 0.25) is 0 Å². The molecule has 0 radical (unpaired) electrons. The van der Waals surface area contributed by atoms with E-state index in [0.29, 0.717) is 13.2 Å². The first-order valence-corrected chi connectivity index (χ1v) is 7.57. The van der Waals surface area contributed by atoms with Gasteiger partial charge in [-0.1, -0.05) is 24.3 Å². The summed E-state index contributed by atoms with van der Waals surface area (Å²) >= 11 is 0. The van der Waals surface area contributed by atoms with Crippen molar-refractivity contribution in [3.63, 3.8) is 0 Å². The fourth-order valence-electron chi connectivity index (χ4n) is 2.67. The van der Waals surface area contributed by atoms with Crippen molar-refractivity contribution in [2.24, 2.45) is 0 Å². The number of hydrogen-bond donors (Lipinski definition) is 0. The summed E-state index contributed by atoms with van der Waals surface area (Å²) in [4.78, 5) is 18.7. The monoisotopic (exact) mass is 300 g/mol. The van der Waals surface area contributed by atoms with Crippen LogP contribution in [0.25, 0.3) is 10.9 Å². The molecule has 116 valence electrons. The smallest absolute Gasteiger partial charge is 0.323 e. The molecular formula is C17H20N2O3. The fourth-order valence-corrected chi connectivity index (χ4v) is 2.67. The van der Waals surface area contributed by atoms with Gasteiger partial charge in [-0.05, 0) is 13.0 Å². The van der Waals surface area contributed by atoms with E-state index >= 15 is 0 Å². The summed E-state index contributed by atoms with van der Waals surface area (Å²) in [6, 6.07) is 9.57. The van der Waals surface area contributed by atoms with Gasteiger partial charge in [-0.15, -0.1) is 0 Å². The predicted octanol–water partition coefficient (Wildman–Crippen LogP) is 2.00. The number of pyridine rings is 1. The lowest BCUT2D eigenvalue weighted by atomic mass is 10.1. The zero-order chi connectivity index (χ0) is 15.4. The quantitative estimate of drug-likeness (QED) is 0.808. The number of carbonyl (C=O) groups is 1. The number of rotatable bonds is 4. The number of ether oxygens (including phenoxy) is 2. The topological polar surface area (TPSA) is 51.7 Å². The number of morpholine rings is 1. The van der Waals surface area contributed by atoms with Gasteiger partial charge in [0.05, 0.1) is 18.7 Å². The molecule has 0 aliphatic carbocycles. The van der Waals surface area contributed by atoms with E-state index in [1.54, 1.807) is 6.20 Å². The third-order valence-electron chi connectivity index (χ3n) is 4.02. The van der Waals surface area contributed by atoms with Crippen LogP contribution in [0.3, 0.4) is 0 Å². The molecular weight excluding hydrogens is 280 g/mol. The Morgan fingerprint density at radius 2 is 2.09 bits per heavy atom. The Bertz CT molecular complexity index is 648. The molecule has 5 nitrogen and oxygen atoms in total. The molecule has 0 amide bonds. The lowest BCUT2D eigenvalue weighted by molar-refractivity contribution is -0.152. The van der Waals surface area contributed by atoms with Crippen LogP contribution in [-0.4, -0.2) is 48.2 Å². The van der Waals surface area contributed by atoms with Crippen molar-refractivity contribution in [3.8, 4) is 0 Å². The van der Waals surface area contributed by atoms with Crippen LogP contribution in [0.15, 0.2) is 36.5 Å². The van der Waals surface area contributed by atoms with Crippen LogP contribution >= 0.6 is 0 Å². The molecule has 2 aromatic rings. The highest BCUT2D eigenvalue weighted by Crippen LogP contribution is 2.17. The third-order valence-corrected chi connectivity index (χ3v) is 4.02. The number of fused-ring (bicyclic) bond motifs is 1. The van der Waals surface area contributed by atoms with E-state index in [2.05, 4.69) is 9.88 Å². The molecule has 1 saturated heterocycles. The Morgan fingerprint density at radius 1 is 1.32 bits per heavy atom. The molecule has 3 rings (SSSR count). The van der Waals surface area contributed by atoms with Gasteiger partial charge < -0.3 is 9.47 Å². The number of esters is 1. The SMILES string of the molecule is C[C@H](C(=O)OCc1cccc2cccnc12)N1CCOCC1. The molecule has 1 fully saturated rings. The summed E-state index contributed by atoms with van der Waals surface area (Å²) in [5.74, 6) is -0.199. The zero-order valence-corrected chi connectivity index (χ0v) is 12.7. The van der Waals surface area contributed by atoms with E-state index in [9.17, 15) is 4.79 Å². The summed E-state index contributed by atoms with van der Waals surface area (Å²) < 4.78 is 10.8. The predicted molar refractivity (Wildman–Crippen MR) is 83.4 cm³/mol. The fraction of sp³-hybridized carbons (Fsp3) is 0.412. The Balaban J connectivity index is 1.64. The van der Waals surface area contributed by atoms with E-state index in [4.69, 9.17) is 9.47 Å². The van der Waals surface area contributed by atoms with Crippen LogP contribution < -0.4 is 0 Å². The van der Waals surface area contributed by atoms with Gasteiger partial charge in [0.1, 0.15) is 12.6 Å². The van der Waals surface area contributed by atoms with E-state index in [0.717, 1.165) is 29.6 Å². The average molecular weight is 300 g/mol. The Morgan fingerprint density at radius 3 is 2.91 bits per heavy atom. The van der Waals surface area contributed by atoms with Crippen molar-refractivity contribution in [1.29, 1.82) is 0 Å². The minimum absolute atomic E-state index is 0.199. The molecule has 0 saturated carbocycles. The summed E-state index contributed by atoms with van der Waals surface area (Å²) in [5.41, 5.74) is 1.82. The number of nitrogens with zero attached hydrogens (tertiary/aromatic N) is 2. The first kappa shape index (κ1) is 14.9. The standard InChI is InChI=1S/C17H20N2O3/c1-13(19-8-10-21-11-9-19)17(20)22-12-15-5-2-4-14-6-3-7-18-16(14)15/h2-7,13H,8-12H2,1H3/t13-/m1/s1. The minimum Gasteiger partial charge on any atom is -0.460 e. The van der Waals surface area contributed by atoms with Crippen LogP contribution in [0.4, 0.5) is 0 Å². The summed E-state index contributed by atoms with van der Waals surface area (Å²) in [6.45, 7) is 5.02. The summed E-state index contributed by atoms with van der Waals surface area (Å²) in [6.07, 6.45) is 1.75. The number of carbonyl (C=O) groups excluding carboxylic acids is 1.